The molecule has 21 heavy (non-hydrogen) atoms. The van der Waals surface area contributed by atoms with E-state index in [4.69, 9.17) is 0 Å². The molecule has 0 spiro atoms. The molecule has 0 atom stereocenters. The fraction of sp³-hybridized carbons (Fsp3) is 0.412. The number of hydrogen-bond donors (Lipinski definition) is 0. The summed E-state index contributed by atoms with van der Waals surface area (Å²) in [6.07, 6.45) is 4.08. The van der Waals surface area contributed by atoms with Gasteiger partial charge in [-0.3, -0.25) is 4.79 Å². The number of benzene rings is 1. The average molecular weight is 300 g/mol. The Morgan fingerprint density at radius 1 is 1.33 bits per heavy atom. The number of rotatable bonds is 7. The second kappa shape index (κ2) is 6.39. The molecular formula is C17H20N2OS. The first-order valence-electron chi connectivity index (χ1n) is 7.57. The zero-order chi connectivity index (χ0) is 14.7. The van der Waals surface area contributed by atoms with Crippen LogP contribution in [0.15, 0.2) is 35.7 Å². The van der Waals surface area contributed by atoms with Crippen LogP contribution in [0, 0.1) is 0 Å². The first kappa shape index (κ1) is 14.3. The fourth-order valence-electron chi connectivity index (χ4n) is 2.46. The Bertz CT molecular complexity index is 604. The van der Waals surface area contributed by atoms with Gasteiger partial charge >= 0.3 is 0 Å². The molecule has 0 aliphatic heterocycles. The number of anilines is 1. The molecule has 1 aliphatic carbocycles. The van der Waals surface area contributed by atoms with Crippen molar-refractivity contribution in [3.63, 3.8) is 0 Å². The maximum Gasteiger partial charge on any atom is 0.185 e. The number of hydrogen-bond acceptors (Lipinski definition) is 4. The van der Waals surface area contributed by atoms with E-state index in [0.717, 1.165) is 29.4 Å². The number of aromatic nitrogens is 1. The minimum absolute atomic E-state index is 0.140. The van der Waals surface area contributed by atoms with Crippen molar-refractivity contribution in [2.24, 2.45) is 0 Å². The van der Waals surface area contributed by atoms with Gasteiger partial charge in [0.05, 0.1) is 12.1 Å². The van der Waals surface area contributed by atoms with E-state index in [1.165, 1.54) is 12.8 Å². The maximum absolute atomic E-state index is 12.2. The third-order valence-corrected chi connectivity index (χ3v) is 4.60. The van der Waals surface area contributed by atoms with Gasteiger partial charge in [0.2, 0.25) is 0 Å². The number of ketones is 1. The van der Waals surface area contributed by atoms with Crippen LogP contribution < -0.4 is 4.90 Å². The highest BCUT2D eigenvalue weighted by Gasteiger charge is 2.30. The second-order valence-corrected chi connectivity index (χ2v) is 6.35. The van der Waals surface area contributed by atoms with Gasteiger partial charge in [0.15, 0.2) is 10.9 Å². The molecule has 0 radical (unpaired) electrons. The van der Waals surface area contributed by atoms with Gasteiger partial charge in [-0.15, -0.1) is 11.3 Å². The van der Waals surface area contributed by atoms with E-state index in [0.29, 0.717) is 12.5 Å². The van der Waals surface area contributed by atoms with Crippen molar-refractivity contribution in [2.45, 2.75) is 38.6 Å². The molecule has 0 bridgehead atoms. The molecular weight excluding hydrogens is 280 g/mol. The molecule has 0 N–H and O–H groups in total. The minimum Gasteiger partial charge on any atom is -0.345 e. The summed E-state index contributed by atoms with van der Waals surface area (Å²) >= 11 is 1.67. The highest BCUT2D eigenvalue weighted by atomic mass is 32.1. The highest BCUT2D eigenvalue weighted by Crippen LogP contribution is 2.33. The zero-order valence-corrected chi connectivity index (χ0v) is 13.1. The van der Waals surface area contributed by atoms with Gasteiger partial charge in [0.1, 0.15) is 0 Å². The smallest absolute Gasteiger partial charge is 0.185 e. The summed E-state index contributed by atoms with van der Waals surface area (Å²) in [5.41, 5.74) is 1.66. The average Bonchev–Trinajstić information content (AvgIpc) is 3.25. The van der Waals surface area contributed by atoms with Crippen molar-refractivity contribution in [3.8, 4) is 0 Å². The number of Topliss-reactive ketones (excluding diaryl/α,β-unsaturated/α-hetero) is 1. The lowest BCUT2D eigenvalue weighted by Gasteiger charge is -2.20. The molecule has 3 rings (SSSR count). The molecule has 0 saturated heterocycles. The van der Waals surface area contributed by atoms with Crippen LogP contribution in [0.3, 0.4) is 0 Å². The first-order chi connectivity index (χ1) is 10.3. The summed E-state index contributed by atoms with van der Waals surface area (Å²) in [6, 6.07) is 10.1. The summed E-state index contributed by atoms with van der Waals surface area (Å²) in [4.78, 5) is 19.3. The fourth-order valence-corrected chi connectivity index (χ4v) is 3.38. The van der Waals surface area contributed by atoms with Crippen molar-refractivity contribution in [1.82, 2.24) is 4.98 Å². The Kier molecular flexibility index (Phi) is 4.34. The van der Waals surface area contributed by atoms with Crippen LogP contribution in [-0.4, -0.2) is 23.4 Å². The van der Waals surface area contributed by atoms with Crippen LogP contribution >= 0.6 is 11.3 Å². The van der Waals surface area contributed by atoms with E-state index in [1.807, 2.05) is 35.7 Å². The van der Waals surface area contributed by atoms with Crippen LogP contribution in [0.1, 0.15) is 42.2 Å². The van der Waals surface area contributed by atoms with Crippen LogP contribution in [0.5, 0.6) is 0 Å². The van der Waals surface area contributed by atoms with Gasteiger partial charge in [-0.25, -0.2) is 4.98 Å². The quantitative estimate of drug-likeness (QED) is 0.726. The lowest BCUT2D eigenvalue weighted by Crippen LogP contribution is -2.26. The van der Waals surface area contributed by atoms with E-state index in [-0.39, 0.29) is 5.78 Å². The summed E-state index contributed by atoms with van der Waals surface area (Å²) in [5.74, 6) is 0.140. The molecule has 1 heterocycles. The van der Waals surface area contributed by atoms with Gasteiger partial charge in [-0.1, -0.05) is 37.3 Å². The Morgan fingerprint density at radius 3 is 2.76 bits per heavy atom. The standard InChI is InChI=1S/C17H20N2OS/c1-2-10-19(15-8-9-15)17-18-14(12-21-17)11-16(20)13-6-4-3-5-7-13/h3-7,12,15H,2,8-11H2,1H3. The third kappa shape index (κ3) is 3.50. The van der Waals surface area contributed by atoms with Crippen LogP contribution in [0.4, 0.5) is 5.13 Å². The van der Waals surface area contributed by atoms with E-state index in [9.17, 15) is 4.79 Å². The van der Waals surface area contributed by atoms with Gasteiger partial charge in [0, 0.05) is 23.5 Å². The Hall–Kier alpha value is -1.68. The zero-order valence-electron chi connectivity index (χ0n) is 12.3. The van der Waals surface area contributed by atoms with E-state index < -0.39 is 0 Å². The highest BCUT2D eigenvalue weighted by molar-refractivity contribution is 7.13. The Balaban J connectivity index is 1.68. The minimum atomic E-state index is 0.140. The molecule has 1 aromatic carbocycles. The van der Waals surface area contributed by atoms with Crippen LogP contribution in [0.25, 0.3) is 0 Å². The number of thiazole rings is 1. The molecule has 0 unspecified atom stereocenters. The molecule has 110 valence electrons. The van der Waals surface area contributed by atoms with Crippen LogP contribution in [-0.2, 0) is 6.42 Å². The first-order valence-corrected chi connectivity index (χ1v) is 8.45. The van der Waals surface area contributed by atoms with E-state index in [2.05, 4.69) is 16.8 Å². The van der Waals surface area contributed by atoms with Crippen molar-refractivity contribution in [3.05, 3.63) is 47.0 Å². The topological polar surface area (TPSA) is 33.2 Å². The third-order valence-electron chi connectivity index (χ3n) is 3.67. The number of nitrogens with zero attached hydrogens (tertiary/aromatic N) is 2. The largest absolute Gasteiger partial charge is 0.345 e. The van der Waals surface area contributed by atoms with Gasteiger partial charge < -0.3 is 4.90 Å². The van der Waals surface area contributed by atoms with Gasteiger partial charge in [-0.05, 0) is 19.3 Å². The SMILES string of the molecule is CCCN(c1nc(CC(=O)c2ccccc2)cs1)C1CC1. The van der Waals surface area contributed by atoms with Crippen LogP contribution in [0.2, 0.25) is 0 Å². The Morgan fingerprint density at radius 2 is 2.10 bits per heavy atom. The molecule has 3 nitrogen and oxygen atoms in total. The van der Waals surface area contributed by atoms with Crippen molar-refractivity contribution in [2.75, 3.05) is 11.4 Å². The Labute approximate surface area is 129 Å². The second-order valence-electron chi connectivity index (χ2n) is 5.51. The van der Waals surface area contributed by atoms with Crippen molar-refractivity contribution < 1.29 is 4.79 Å². The molecule has 2 aromatic rings. The summed E-state index contributed by atoms with van der Waals surface area (Å²) < 4.78 is 0. The van der Waals surface area contributed by atoms with E-state index >= 15 is 0 Å². The number of carbonyl (C=O) groups is 1. The van der Waals surface area contributed by atoms with E-state index in [1.54, 1.807) is 11.3 Å². The van der Waals surface area contributed by atoms with Crippen molar-refractivity contribution in [1.29, 1.82) is 0 Å². The molecule has 1 fully saturated rings. The molecule has 1 aliphatic rings. The summed E-state index contributed by atoms with van der Waals surface area (Å²) in [6.45, 7) is 3.26. The molecule has 0 amide bonds. The lowest BCUT2D eigenvalue weighted by atomic mass is 10.1. The molecule has 1 aromatic heterocycles. The van der Waals surface area contributed by atoms with Crippen molar-refractivity contribution >= 4 is 22.3 Å². The predicted octanol–water partition coefficient (Wildman–Crippen LogP) is 3.95. The molecule has 1 saturated carbocycles. The monoisotopic (exact) mass is 300 g/mol. The lowest BCUT2D eigenvalue weighted by molar-refractivity contribution is 0.0992. The number of carbonyl (C=O) groups excluding carboxylic acids is 1. The maximum atomic E-state index is 12.2. The van der Waals surface area contributed by atoms with Gasteiger partial charge in [-0.2, -0.15) is 0 Å². The van der Waals surface area contributed by atoms with Gasteiger partial charge in [0.25, 0.3) is 0 Å². The predicted molar refractivity (Wildman–Crippen MR) is 87.2 cm³/mol. The molecule has 4 heteroatoms. The normalized spacial score (nSPS) is 14.1. The summed E-state index contributed by atoms with van der Waals surface area (Å²) in [5, 5.41) is 3.11. The summed E-state index contributed by atoms with van der Waals surface area (Å²) in [7, 11) is 0.